The molecule has 1 amide bonds. The second-order valence-corrected chi connectivity index (χ2v) is 8.06. The van der Waals surface area contributed by atoms with E-state index in [0.717, 1.165) is 23.3 Å². The molecule has 36 heavy (non-hydrogen) atoms. The molecule has 0 bridgehead atoms. The molecule has 0 heterocycles. The predicted molar refractivity (Wildman–Crippen MR) is 134 cm³/mol. The standard InChI is InChI=1S/C27H24ClF3N2O3/c1-3-6-20-13-19(16-32-33-26(34)21-7-5-8-22(15-21)27(29,30)31)14-24(35-4-2)25(20)36-17-18-9-11-23(28)12-10-18/h3,5,7-16H,1,4,6,17H2,2H3,(H,33,34)/b32-16-. The zero-order valence-corrected chi connectivity index (χ0v) is 20.2. The quantitative estimate of drug-likeness (QED) is 0.182. The number of nitrogens with one attached hydrogen (secondary N) is 1. The van der Waals surface area contributed by atoms with E-state index in [4.69, 9.17) is 21.1 Å². The van der Waals surface area contributed by atoms with Crippen molar-refractivity contribution in [2.24, 2.45) is 5.10 Å². The van der Waals surface area contributed by atoms with Crippen molar-refractivity contribution in [1.82, 2.24) is 5.43 Å². The third-order valence-electron chi connectivity index (χ3n) is 4.95. The Morgan fingerprint density at radius 3 is 2.53 bits per heavy atom. The Bertz CT molecular complexity index is 1240. The van der Waals surface area contributed by atoms with Gasteiger partial charge in [-0.05, 0) is 66.9 Å². The predicted octanol–water partition coefficient (Wildman–Crippen LogP) is 6.83. The lowest BCUT2D eigenvalue weighted by molar-refractivity contribution is -0.137. The van der Waals surface area contributed by atoms with Gasteiger partial charge in [-0.25, -0.2) is 5.43 Å². The molecule has 188 valence electrons. The third kappa shape index (κ3) is 7.36. The number of carbonyl (C=O) groups excluding carboxylic acids is 1. The molecule has 5 nitrogen and oxygen atoms in total. The fraction of sp³-hybridized carbons (Fsp3) is 0.185. The number of carbonyl (C=O) groups is 1. The fourth-order valence-corrected chi connectivity index (χ4v) is 3.42. The SMILES string of the molecule is C=CCc1cc(/C=N\NC(=O)c2cccc(C(F)(F)F)c2)cc(OCC)c1OCc1ccc(Cl)cc1. The second-order valence-electron chi connectivity index (χ2n) is 7.63. The number of nitrogens with zero attached hydrogens (tertiary/aromatic N) is 1. The molecule has 0 unspecified atom stereocenters. The smallest absolute Gasteiger partial charge is 0.416 e. The van der Waals surface area contributed by atoms with Crippen LogP contribution in [0, 0.1) is 0 Å². The van der Waals surface area contributed by atoms with Gasteiger partial charge >= 0.3 is 6.18 Å². The average molecular weight is 517 g/mol. The average Bonchev–Trinajstić information content (AvgIpc) is 2.84. The van der Waals surface area contributed by atoms with Crippen molar-refractivity contribution in [3.63, 3.8) is 0 Å². The van der Waals surface area contributed by atoms with E-state index in [0.29, 0.717) is 41.7 Å². The molecule has 9 heteroatoms. The Morgan fingerprint density at radius 2 is 1.86 bits per heavy atom. The monoisotopic (exact) mass is 516 g/mol. The molecule has 0 aliphatic heterocycles. The third-order valence-corrected chi connectivity index (χ3v) is 5.20. The summed E-state index contributed by atoms with van der Waals surface area (Å²) in [5, 5.41) is 4.53. The van der Waals surface area contributed by atoms with Crippen LogP contribution in [-0.2, 0) is 19.2 Å². The van der Waals surface area contributed by atoms with Crippen LogP contribution in [0.15, 0.2) is 78.4 Å². The van der Waals surface area contributed by atoms with Crippen LogP contribution < -0.4 is 14.9 Å². The second kappa shape index (κ2) is 12.3. The van der Waals surface area contributed by atoms with Gasteiger partial charge in [0.15, 0.2) is 11.5 Å². The zero-order valence-electron chi connectivity index (χ0n) is 19.4. The first kappa shape index (κ1) is 26.8. The number of hydrazone groups is 1. The van der Waals surface area contributed by atoms with Crippen molar-refractivity contribution < 1.29 is 27.4 Å². The lowest BCUT2D eigenvalue weighted by Gasteiger charge is -2.17. The van der Waals surface area contributed by atoms with Crippen LogP contribution in [-0.4, -0.2) is 18.7 Å². The Kier molecular flexibility index (Phi) is 9.13. The first-order valence-electron chi connectivity index (χ1n) is 11.0. The molecule has 0 spiro atoms. The van der Waals surface area contributed by atoms with E-state index in [1.165, 1.54) is 18.3 Å². The number of allylic oxidation sites excluding steroid dienone is 1. The summed E-state index contributed by atoms with van der Waals surface area (Å²) in [4.78, 5) is 12.3. The number of benzene rings is 3. The Labute approximate surface area is 212 Å². The molecule has 0 atom stereocenters. The van der Waals surface area contributed by atoms with Crippen molar-refractivity contribution in [2.45, 2.75) is 26.1 Å². The molecule has 0 saturated carbocycles. The van der Waals surface area contributed by atoms with Gasteiger partial charge in [-0.1, -0.05) is 35.9 Å². The van der Waals surface area contributed by atoms with Gasteiger partial charge in [0.1, 0.15) is 6.61 Å². The number of amides is 1. The topological polar surface area (TPSA) is 59.9 Å². The van der Waals surface area contributed by atoms with E-state index in [1.54, 1.807) is 30.3 Å². The van der Waals surface area contributed by atoms with Crippen molar-refractivity contribution in [1.29, 1.82) is 0 Å². The highest BCUT2D eigenvalue weighted by molar-refractivity contribution is 6.30. The van der Waals surface area contributed by atoms with Crippen molar-refractivity contribution in [3.8, 4) is 11.5 Å². The Hall–Kier alpha value is -3.78. The first-order valence-corrected chi connectivity index (χ1v) is 11.4. The molecule has 3 aromatic rings. The highest BCUT2D eigenvalue weighted by Crippen LogP contribution is 2.34. The summed E-state index contributed by atoms with van der Waals surface area (Å²) in [6, 6.07) is 14.9. The highest BCUT2D eigenvalue weighted by atomic mass is 35.5. The van der Waals surface area contributed by atoms with E-state index in [-0.39, 0.29) is 5.56 Å². The minimum atomic E-state index is -4.55. The number of rotatable bonds is 10. The van der Waals surface area contributed by atoms with Crippen LogP contribution in [0.25, 0.3) is 0 Å². The van der Waals surface area contributed by atoms with Gasteiger partial charge in [0.25, 0.3) is 5.91 Å². The number of hydrogen-bond donors (Lipinski definition) is 1. The number of ether oxygens (including phenoxy) is 2. The Balaban J connectivity index is 1.79. The maximum Gasteiger partial charge on any atom is 0.416 e. The van der Waals surface area contributed by atoms with Crippen LogP contribution >= 0.6 is 11.6 Å². The molecule has 0 aliphatic carbocycles. The molecule has 0 fully saturated rings. The molecule has 0 aliphatic rings. The summed E-state index contributed by atoms with van der Waals surface area (Å²) in [7, 11) is 0. The number of hydrogen-bond acceptors (Lipinski definition) is 4. The number of alkyl halides is 3. The molecule has 0 saturated heterocycles. The van der Waals surface area contributed by atoms with Gasteiger partial charge in [0.2, 0.25) is 0 Å². The lowest BCUT2D eigenvalue weighted by Crippen LogP contribution is -2.18. The van der Waals surface area contributed by atoms with Crippen molar-refractivity contribution >= 4 is 23.7 Å². The molecule has 3 rings (SSSR count). The summed E-state index contributed by atoms with van der Waals surface area (Å²) >= 11 is 5.94. The Morgan fingerprint density at radius 1 is 1.11 bits per heavy atom. The van der Waals surface area contributed by atoms with Gasteiger partial charge in [-0.15, -0.1) is 6.58 Å². The van der Waals surface area contributed by atoms with Crippen LogP contribution in [0.1, 0.15) is 39.5 Å². The van der Waals surface area contributed by atoms with Gasteiger partial charge in [0, 0.05) is 16.1 Å². The maximum absolute atomic E-state index is 12.9. The molecule has 0 aromatic heterocycles. The van der Waals surface area contributed by atoms with E-state index in [2.05, 4.69) is 17.1 Å². The normalized spacial score (nSPS) is 11.4. The van der Waals surface area contributed by atoms with Crippen molar-refractivity contribution in [2.75, 3.05) is 6.61 Å². The van der Waals surface area contributed by atoms with Crippen LogP contribution in [0.3, 0.4) is 0 Å². The summed E-state index contributed by atoms with van der Waals surface area (Å²) in [6.07, 6.45) is -0.970. The fourth-order valence-electron chi connectivity index (χ4n) is 3.29. The summed E-state index contributed by atoms with van der Waals surface area (Å²) < 4.78 is 50.6. The number of halogens is 4. The summed E-state index contributed by atoms with van der Waals surface area (Å²) in [5.74, 6) is 0.268. The molecular weight excluding hydrogens is 493 g/mol. The van der Waals surface area contributed by atoms with Gasteiger partial charge in [-0.2, -0.15) is 18.3 Å². The van der Waals surface area contributed by atoms with E-state index in [1.807, 2.05) is 19.1 Å². The summed E-state index contributed by atoms with van der Waals surface area (Å²) in [6.45, 7) is 6.31. The van der Waals surface area contributed by atoms with Crippen LogP contribution in [0.5, 0.6) is 11.5 Å². The largest absolute Gasteiger partial charge is 0.490 e. The summed E-state index contributed by atoms with van der Waals surface area (Å²) in [5.41, 5.74) is 3.49. The minimum absolute atomic E-state index is 0.157. The van der Waals surface area contributed by atoms with E-state index in [9.17, 15) is 18.0 Å². The molecular formula is C27H24ClF3N2O3. The minimum Gasteiger partial charge on any atom is -0.490 e. The van der Waals surface area contributed by atoms with E-state index >= 15 is 0 Å². The molecule has 3 aromatic carbocycles. The zero-order chi connectivity index (χ0) is 26.1. The van der Waals surface area contributed by atoms with Crippen LogP contribution in [0.4, 0.5) is 13.2 Å². The molecule has 1 N–H and O–H groups in total. The molecule has 0 radical (unpaired) electrons. The van der Waals surface area contributed by atoms with Gasteiger partial charge in [-0.3, -0.25) is 4.79 Å². The van der Waals surface area contributed by atoms with Gasteiger partial charge < -0.3 is 9.47 Å². The van der Waals surface area contributed by atoms with Gasteiger partial charge in [0.05, 0.1) is 18.4 Å². The van der Waals surface area contributed by atoms with E-state index < -0.39 is 17.6 Å². The first-order chi connectivity index (χ1) is 17.2. The maximum atomic E-state index is 12.9. The lowest BCUT2D eigenvalue weighted by atomic mass is 10.1. The van der Waals surface area contributed by atoms with Crippen LogP contribution in [0.2, 0.25) is 5.02 Å². The highest BCUT2D eigenvalue weighted by Gasteiger charge is 2.30. The van der Waals surface area contributed by atoms with Crippen molar-refractivity contribution in [3.05, 3.63) is 106 Å².